The molecule has 1 fully saturated rings. The van der Waals surface area contributed by atoms with Crippen LogP contribution in [0.2, 0.25) is 0 Å². The molecule has 2 aliphatic heterocycles. The van der Waals surface area contributed by atoms with Crippen molar-refractivity contribution in [2.24, 2.45) is 10.9 Å². The van der Waals surface area contributed by atoms with E-state index in [-0.39, 0.29) is 5.84 Å². The maximum Gasteiger partial charge on any atom is 0.341 e. The fraction of sp³-hybridized carbons (Fsp3) is 0.0400. The third-order valence-corrected chi connectivity index (χ3v) is 5.23. The van der Waals surface area contributed by atoms with Crippen LogP contribution < -0.4 is 9.80 Å². The SMILES string of the molecule is O=C1C=C(c2ccccc2)N=C2C1C(=O)N(c1ccccc1)C(=O)N2c1ccccc1. The second-order valence-corrected chi connectivity index (χ2v) is 7.16. The highest BCUT2D eigenvalue weighted by molar-refractivity contribution is 6.45. The number of carbonyl (C=O) groups excluding carboxylic acids is 3. The Kier molecular flexibility index (Phi) is 4.52. The first kappa shape index (κ1) is 18.7. The molecule has 0 bridgehead atoms. The summed E-state index contributed by atoms with van der Waals surface area (Å²) < 4.78 is 0. The number of anilines is 2. The molecule has 150 valence electrons. The molecule has 0 aliphatic carbocycles. The summed E-state index contributed by atoms with van der Waals surface area (Å²) in [5.74, 6) is -2.07. The third kappa shape index (κ3) is 3.14. The zero-order valence-electron chi connectivity index (χ0n) is 16.4. The first-order chi connectivity index (χ1) is 15.1. The number of urea groups is 1. The maximum atomic E-state index is 13.6. The van der Waals surface area contributed by atoms with Crippen LogP contribution in [0.3, 0.4) is 0 Å². The Morgan fingerprint density at radius 2 is 1.16 bits per heavy atom. The van der Waals surface area contributed by atoms with Crippen LogP contribution in [0, 0.1) is 5.92 Å². The van der Waals surface area contributed by atoms with Crippen molar-refractivity contribution in [3.05, 3.63) is 103 Å². The van der Waals surface area contributed by atoms with Crippen molar-refractivity contribution >= 4 is 40.6 Å². The average molecular weight is 407 g/mol. The summed E-state index contributed by atoms with van der Waals surface area (Å²) >= 11 is 0. The molecule has 6 nitrogen and oxygen atoms in total. The predicted octanol–water partition coefficient (Wildman–Crippen LogP) is 4.30. The van der Waals surface area contributed by atoms with E-state index in [0.29, 0.717) is 17.1 Å². The molecule has 2 aliphatic rings. The molecule has 6 heteroatoms. The molecule has 31 heavy (non-hydrogen) atoms. The van der Waals surface area contributed by atoms with Gasteiger partial charge in [0.05, 0.1) is 17.1 Å². The van der Waals surface area contributed by atoms with E-state index >= 15 is 0 Å². The molecule has 1 saturated heterocycles. The number of amidine groups is 1. The fourth-order valence-corrected chi connectivity index (χ4v) is 3.79. The second kappa shape index (κ2) is 7.50. The molecule has 0 radical (unpaired) electrons. The topological polar surface area (TPSA) is 70.0 Å². The molecule has 1 atom stereocenters. The molecule has 3 amide bonds. The molecule has 2 heterocycles. The minimum Gasteiger partial charge on any atom is -0.293 e. The number of nitrogens with zero attached hydrogens (tertiary/aromatic N) is 3. The van der Waals surface area contributed by atoms with Crippen LogP contribution >= 0.6 is 0 Å². The minimum absolute atomic E-state index is 0.125. The molecule has 0 aromatic heterocycles. The van der Waals surface area contributed by atoms with Crippen LogP contribution in [0.4, 0.5) is 16.2 Å². The average Bonchev–Trinajstić information content (AvgIpc) is 2.81. The van der Waals surface area contributed by atoms with Crippen molar-refractivity contribution in [2.75, 3.05) is 9.80 Å². The number of allylic oxidation sites excluding steroid dienone is 1. The lowest BCUT2D eigenvalue weighted by Crippen LogP contribution is -2.62. The summed E-state index contributed by atoms with van der Waals surface area (Å²) in [6, 6.07) is 26.2. The maximum absolute atomic E-state index is 13.6. The Bertz CT molecular complexity index is 1230. The number of hydrogen-bond donors (Lipinski definition) is 0. The number of aliphatic imine (C=N–C) groups is 1. The Morgan fingerprint density at radius 1 is 0.645 bits per heavy atom. The molecule has 0 N–H and O–H groups in total. The summed E-state index contributed by atoms with van der Waals surface area (Å²) in [6.07, 6.45) is 1.38. The lowest BCUT2D eigenvalue weighted by Gasteiger charge is -2.39. The van der Waals surface area contributed by atoms with Gasteiger partial charge in [0.1, 0.15) is 5.84 Å². The van der Waals surface area contributed by atoms with E-state index in [1.54, 1.807) is 54.6 Å². The van der Waals surface area contributed by atoms with Gasteiger partial charge in [-0.2, -0.15) is 0 Å². The Hall–Kier alpha value is -4.32. The quantitative estimate of drug-likeness (QED) is 0.608. The lowest BCUT2D eigenvalue weighted by atomic mass is 9.92. The summed E-state index contributed by atoms with van der Waals surface area (Å²) in [6.45, 7) is 0. The van der Waals surface area contributed by atoms with Gasteiger partial charge in [0.2, 0.25) is 0 Å². The summed E-state index contributed by atoms with van der Waals surface area (Å²) in [5.41, 5.74) is 2.10. The van der Waals surface area contributed by atoms with Gasteiger partial charge in [0, 0.05) is 11.6 Å². The number of benzene rings is 3. The van der Waals surface area contributed by atoms with Gasteiger partial charge in [0.25, 0.3) is 5.91 Å². The van der Waals surface area contributed by atoms with Crippen LogP contribution in [0.1, 0.15) is 5.56 Å². The van der Waals surface area contributed by atoms with Crippen LogP contribution in [0.5, 0.6) is 0 Å². The van der Waals surface area contributed by atoms with E-state index < -0.39 is 23.6 Å². The number of amides is 3. The van der Waals surface area contributed by atoms with E-state index in [1.165, 1.54) is 11.0 Å². The van der Waals surface area contributed by atoms with Gasteiger partial charge in [-0.15, -0.1) is 0 Å². The number of carbonyl (C=O) groups is 3. The molecule has 5 rings (SSSR count). The van der Waals surface area contributed by atoms with Crippen molar-refractivity contribution < 1.29 is 14.4 Å². The van der Waals surface area contributed by atoms with Gasteiger partial charge in [-0.3, -0.25) is 9.59 Å². The lowest BCUT2D eigenvalue weighted by molar-refractivity contribution is -0.127. The van der Waals surface area contributed by atoms with Crippen molar-refractivity contribution in [3.8, 4) is 0 Å². The number of para-hydroxylation sites is 2. The molecule has 0 spiro atoms. The molecule has 0 saturated carbocycles. The smallest absolute Gasteiger partial charge is 0.293 e. The number of imide groups is 1. The van der Waals surface area contributed by atoms with Gasteiger partial charge in [0.15, 0.2) is 11.7 Å². The second-order valence-electron chi connectivity index (χ2n) is 7.16. The van der Waals surface area contributed by atoms with Gasteiger partial charge >= 0.3 is 6.03 Å². The largest absolute Gasteiger partial charge is 0.341 e. The Balaban J connectivity index is 1.68. The van der Waals surface area contributed by atoms with Crippen molar-refractivity contribution in [1.29, 1.82) is 0 Å². The zero-order chi connectivity index (χ0) is 21.4. The Morgan fingerprint density at radius 3 is 1.74 bits per heavy atom. The van der Waals surface area contributed by atoms with E-state index in [0.717, 1.165) is 10.5 Å². The molecule has 3 aromatic rings. The molecular weight excluding hydrogens is 390 g/mol. The van der Waals surface area contributed by atoms with E-state index in [2.05, 4.69) is 4.99 Å². The highest BCUT2D eigenvalue weighted by atomic mass is 16.2. The normalized spacial score (nSPS) is 18.5. The number of hydrogen-bond acceptors (Lipinski definition) is 4. The molecule has 3 aromatic carbocycles. The van der Waals surface area contributed by atoms with Crippen LogP contribution in [0.15, 0.2) is 102 Å². The molecular formula is C25H17N3O3. The summed E-state index contributed by atoms with van der Waals surface area (Å²) in [5, 5.41) is 0. The van der Waals surface area contributed by atoms with Crippen molar-refractivity contribution in [3.63, 3.8) is 0 Å². The van der Waals surface area contributed by atoms with Gasteiger partial charge in [-0.25, -0.2) is 19.6 Å². The summed E-state index contributed by atoms with van der Waals surface area (Å²) in [7, 11) is 0. The fourth-order valence-electron chi connectivity index (χ4n) is 3.79. The number of rotatable bonds is 3. The monoisotopic (exact) mass is 407 g/mol. The first-order valence-corrected chi connectivity index (χ1v) is 9.83. The van der Waals surface area contributed by atoms with E-state index in [4.69, 9.17) is 0 Å². The molecule has 1 unspecified atom stereocenters. The van der Waals surface area contributed by atoms with E-state index in [1.807, 2.05) is 36.4 Å². The standard InChI is InChI=1S/C25H17N3O3/c29-21-16-20(17-10-4-1-5-11-17)26-23-22(21)24(30)28(19-14-8-3-9-15-19)25(31)27(23)18-12-6-2-7-13-18/h1-16,22H. The number of ketones is 1. The highest BCUT2D eigenvalue weighted by Gasteiger charge is 2.49. The Labute approximate surface area is 178 Å². The van der Waals surface area contributed by atoms with E-state index in [9.17, 15) is 14.4 Å². The van der Waals surface area contributed by atoms with Crippen molar-refractivity contribution in [2.45, 2.75) is 0 Å². The minimum atomic E-state index is -1.19. The zero-order valence-corrected chi connectivity index (χ0v) is 16.4. The third-order valence-electron chi connectivity index (χ3n) is 5.23. The van der Waals surface area contributed by atoms with Gasteiger partial charge in [-0.05, 0) is 24.3 Å². The van der Waals surface area contributed by atoms with Gasteiger partial charge in [-0.1, -0.05) is 66.7 Å². The van der Waals surface area contributed by atoms with Crippen LogP contribution in [-0.2, 0) is 9.59 Å². The number of fused-ring (bicyclic) bond motifs is 1. The van der Waals surface area contributed by atoms with Gasteiger partial charge < -0.3 is 0 Å². The van der Waals surface area contributed by atoms with Crippen molar-refractivity contribution in [1.82, 2.24) is 0 Å². The predicted molar refractivity (Wildman–Crippen MR) is 119 cm³/mol. The highest BCUT2D eigenvalue weighted by Crippen LogP contribution is 2.34. The first-order valence-electron chi connectivity index (χ1n) is 9.83. The summed E-state index contributed by atoms with van der Waals surface area (Å²) in [4.78, 5) is 47.1. The van der Waals surface area contributed by atoms with Crippen LogP contribution in [0.25, 0.3) is 5.70 Å². The van der Waals surface area contributed by atoms with Crippen LogP contribution in [-0.4, -0.2) is 23.6 Å².